The number of hydrogen-bond donors (Lipinski definition) is 1. The molecule has 0 unspecified atom stereocenters. The summed E-state index contributed by atoms with van der Waals surface area (Å²) in [5, 5.41) is 3.83. The van der Waals surface area contributed by atoms with Crippen LogP contribution in [-0.4, -0.2) is 45.2 Å². The Morgan fingerprint density at radius 2 is 1.79 bits per heavy atom. The molecule has 0 bridgehead atoms. The molecule has 1 N–H and O–H groups in total. The highest BCUT2D eigenvalue weighted by Crippen LogP contribution is 2.31. The number of amides is 1. The number of carbonyl (C=O) groups excluding carboxylic acids is 1. The molecule has 0 spiro atoms. The van der Waals surface area contributed by atoms with Crippen LogP contribution >= 0.6 is 0 Å². The van der Waals surface area contributed by atoms with Gasteiger partial charge >= 0.3 is 0 Å². The Balaban J connectivity index is 1.83. The lowest BCUT2D eigenvalue weighted by molar-refractivity contribution is 0.102. The van der Waals surface area contributed by atoms with Crippen molar-refractivity contribution in [1.82, 2.24) is 4.90 Å². The molecule has 1 amide bonds. The number of fused-ring (bicyclic) bond motifs is 1. The van der Waals surface area contributed by atoms with Gasteiger partial charge in [0.25, 0.3) is 5.91 Å². The van der Waals surface area contributed by atoms with Gasteiger partial charge in [-0.25, -0.2) is 4.39 Å². The number of rotatable bonds is 7. The highest BCUT2D eigenvalue weighted by Gasteiger charge is 2.14. The number of likely N-dealkylation sites (N-methyl/N-ethyl adjacent to an activating group) is 1. The van der Waals surface area contributed by atoms with Crippen LogP contribution in [0.2, 0.25) is 0 Å². The highest BCUT2D eigenvalue weighted by atomic mass is 19.1. The third kappa shape index (κ3) is 4.40. The summed E-state index contributed by atoms with van der Waals surface area (Å²) in [7, 11) is 5.49. The van der Waals surface area contributed by atoms with Gasteiger partial charge in [-0.05, 0) is 43.7 Å². The maximum absolute atomic E-state index is 14.0. The van der Waals surface area contributed by atoms with Gasteiger partial charge in [-0.1, -0.05) is 24.3 Å². The Morgan fingerprint density at radius 3 is 2.50 bits per heavy atom. The molecule has 0 aliphatic heterocycles. The van der Waals surface area contributed by atoms with Crippen molar-refractivity contribution >= 4 is 22.4 Å². The normalized spacial score (nSPS) is 10.9. The number of methoxy groups -OCH3 is 1. The summed E-state index contributed by atoms with van der Waals surface area (Å²) in [6.45, 7) is 1.24. The van der Waals surface area contributed by atoms with E-state index in [-0.39, 0.29) is 11.7 Å². The second-order valence-corrected chi connectivity index (χ2v) is 6.61. The van der Waals surface area contributed by atoms with Gasteiger partial charge in [-0.3, -0.25) is 4.79 Å². The van der Waals surface area contributed by atoms with Crippen LogP contribution in [0.4, 0.5) is 10.1 Å². The summed E-state index contributed by atoms with van der Waals surface area (Å²) in [5.74, 6) is 0.462. The van der Waals surface area contributed by atoms with E-state index in [2.05, 4.69) is 5.32 Å². The lowest BCUT2D eigenvalue weighted by atomic mass is 10.0. The summed E-state index contributed by atoms with van der Waals surface area (Å²) in [5.41, 5.74) is 0.974. The van der Waals surface area contributed by atoms with E-state index in [9.17, 15) is 9.18 Å². The monoisotopic (exact) mass is 382 g/mol. The van der Waals surface area contributed by atoms with Crippen molar-refractivity contribution < 1.29 is 18.7 Å². The number of halogens is 1. The van der Waals surface area contributed by atoms with Crippen LogP contribution in [0.3, 0.4) is 0 Å². The smallest absolute Gasteiger partial charge is 0.256 e. The maximum Gasteiger partial charge on any atom is 0.256 e. The molecule has 3 aromatic carbocycles. The second kappa shape index (κ2) is 8.71. The first kappa shape index (κ1) is 19.6. The van der Waals surface area contributed by atoms with Gasteiger partial charge in [-0.2, -0.15) is 0 Å². The number of ether oxygens (including phenoxy) is 2. The van der Waals surface area contributed by atoms with Crippen LogP contribution in [0.5, 0.6) is 11.5 Å². The first-order valence-electron chi connectivity index (χ1n) is 8.94. The molecule has 0 radical (unpaired) electrons. The SMILES string of the molecule is COc1ccc(NC(=O)c2ccc(F)c3ccccc23)cc1OCCN(C)C. The zero-order chi connectivity index (χ0) is 20.1. The molecule has 0 aliphatic carbocycles. The Labute approximate surface area is 163 Å². The van der Waals surface area contributed by atoms with Crippen molar-refractivity contribution in [1.29, 1.82) is 0 Å². The number of nitrogens with zero attached hydrogens (tertiary/aromatic N) is 1. The van der Waals surface area contributed by atoms with Crippen molar-refractivity contribution in [3.8, 4) is 11.5 Å². The molecule has 3 rings (SSSR count). The molecule has 0 heterocycles. The van der Waals surface area contributed by atoms with Crippen molar-refractivity contribution in [3.05, 3.63) is 66.0 Å². The van der Waals surface area contributed by atoms with E-state index in [4.69, 9.17) is 9.47 Å². The Morgan fingerprint density at radius 1 is 1.04 bits per heavy atom. The number of nitrogens with one attached hydrogen (secondary N) is 1. The molecule has 0 atom stereocenters. The summed E-state index contributed by atoms with van der Waals surface area (Å²) < 4.78 is 25.1. The molecule has 0 fully saturated rings. The van der Waals surface area contributed by atoms with Gasteiger partial charge in [0.05, 0.1) is 7.11 Å². The lowest BCUT2D eigenvalue weighted by Gasteiger charge is -2.15. The zero-order valence-electron chi connectivity index (χ0n) is 16.2. The molecule has 6 heteroatoms. The van der Waals surface area contributed by atoms with E-state index < -0.39 is 0 Å². The fourth-order valence-electron chi connectivity index (χ4n) is 2.86. The largest absolute Gasteiger partial charge is 0.493 e. The molecule has 3 aromatic rings. The number of hydrogen-bond acceptors (Lipinski definition) is 4. The van der Waals surface area contributed by atoms with E-state index in [0.717, 1.165) is 6.54 Å². The van der Waals surface area contributed by atoms with Crippen LogP contribution in [0.25, 0.3) is 10.8 Å². The fraction of sp³-hybridized carbons (Fsp3) is 0.227. The molecule has 28 heavy (non-hydrogen) atoms. The summed E-state index contributed by atoms with van der Waals surface area (Å²) in [6.07, 6.45) is 0. The van der Waals surface area contributed by atoms with Crippen molar-refractivity contribution in [2.24, 2.45) is 0 Å². The van der Waals surface area contributed by atoms with Gasteiger partial charge in [0.2, 0.25) is 0 Å². The van der Waals surface area contributed by atoms with Crippen molar-refractivity contribution in [2.45, 2.75) is 0 Å². The van der Waals surface area contributed by atoms with Crippen molar-refractivity contribution in [3.63, 3.8) is 0 Å². The van der Waals surface area contributed by atoms with E-state index >= 15 is 0 Å². The quantitative estimate of drug-likeness (QED) is 0.666. The second-order valence-electron chi connectivity index (χ2n) is 6.61. The molecule has 0 aromatic heterocycles. The van der Waals surface area contributed by atoms with Crippen LogP contribution < -0.4 is 14.8 Å². The van der Waals surface area contributed by atoms with Gasteiger partial charge < -0.3 is 19.7 Å². The molecule has 146 valence electrons. The zero-order valence-corrected chi connectivity index (χ0v) is 16.2. The minimum Gasteiger partial charge on any atom is -0.493 e. The standard InChI is InChI=1S/C22H23FN2O3/c1-25(2)12-13-28-21-14-15(8-11-20(21)27-3)24-22(26)18-9-10-19(23)17-7-5-4-6-16(17)18/h4-11,14H,12-13H2,1-3H3,(H,24,26). The van der Waals surface area contributed by atoms with Gasteiger partial charge in [0.1, 0.15) is 12.4 Å². The first-order chi connectivity index (χ1) is 13.5. The van der Waals surface area contributed by atoms with Crippen molar-refractivity contribution in [2.75, 3.05) is 39.7 Å². The van der Waals surface area contributed by atoms with Crippen LogP contribution in [0, 0.1) is 5.82 Å². The summed E-state index contributed by atoms with van der Waals surface area (Å²) >= 11 is 0. The Bertz CT molecular complexity index is 989. The maximum atomic E-state index is 14.0. The topological polar surface area (TPSA) is 50.8 Å². The minimum absolute atomic E-state index is 0.319. The Hall–Kier alpha value is -3.12. The van der Waals surface area contributed by atoms with E-state index in [1.807, 2.05) is 19.0 Å². The highest BCUT2D eigenvalue weighted by molar-refractivity contribution is 6.13. The molecule has 0 saturated heterocycles. The molecular weight excluding hydrogens is 359 g/mol. The molecule has 0 aliphatic rings. The Kier molecular flexibility index (Phi) is 6.11. The predicted molar refractivity (Wildman–Crippen MR) is 109 cm³/mol. The van der Waals surface area contributed by atoms with Crippen LogP contribution in [0.1, 0.15) is 10.4 Å². The van der Waals surface area contributed by atoms with E-state index in [1.54, 1.807) is 49.6 Å². The average molecular weight is 382 g/mol. The number of carbonyl (C=O) groups is 1. The average Bonchev–Trinajstić information content (AvgIpc) is 2.68. The van der Waals surface area contributed by atoms with Crippen LogP contribution in [-0.2, 0) is 0 Å². The van der Waals surface area contributed by atoms with Gasteiger partial charge in [-0.15, -0.1) is 0 Å². The number of benzene rings is 3. The third-order valence-corrected chi connectivity index (χ3v) is 4.33. The van der Waals surface area contributed by atoms with Crippen LogP contribution in [0.15, 0.2) is 54.6 Å². The molecule has 5 nitrogen and oxygen atoms in total. The summed E-state index contributed by atoms with van der Waals surface area (Å²) in [6, 6.07) is 14.9. The first-order valence-corrected chi connectivity index (χ1v) is 8.94. The molecular formula is C22H23FN2O3. The fourth-order valence-corrected chi connectivity index (χ4v) is 2.86. The van der Waals surface area contributed by atoms with Gasteiger partial charge in [0, 0.05) is 29.2 Å². The van der Waals surface area contributed by atoms with E-state index in [0.29, 0.717) is 40.1 Å². The summed E-state index contributed by atoms with van der Waals surface area (Å²) in [4.78, 5) is 14.8. The lowest BCUT2D eigenvalue weighted by Crippen LogP contribution is -2.19. The number of anilines is 1. The van der Waals surface area contributed by atoms with E-state index in [1.165, 1.54) is 12.1 Å². The molecule has 0 saturated carbocycles. The third-order valence-electron chi connectivity index (χ3n) is 4.33. The predicted octanol–water partition coefficient (Wildman–Crippen LogP) is 4.18. The minimum atomic E-state index is -0.354. The van der Waals surface area contributed by atoms with Gasteiger partial charge in [0.15, 0.2) is 11.5 Å².